The topological polar surface area (TPSA) is 131 Å². The molecule has 0 aliphatic rings. The Morgan fingerprint density at radius 3 is 2.41 bits per heavy atom. The number of ether oxygens (including phenoxy) is 3. The molecule has 0 heterocycles. The zero-order valence-corrected chi connectivity index (χ0v) is 17.5. The van der Waals surface area contributed by atoms with Crippen molar-refractivity contribution >= 4 is 18.0 Å². The predicted molar refractivity (Wildman–Crippen MR) is 114 cm³/mol. The number of carbonyl (C=O) groups excluding carboxylic acids is 2. The monoisotopic (exact) mass is 443 g/mol. The summed E-state index contributed by atoms with van der Waals surface area (Å²) in [4.78, 5) is 35.9. The van der Waals surface area contributed by atoms with E-state index < -0.39 is 30.2 Å². The molecule has 2 amide bonds. The number of para-hydroxylation sites is 1. The van der Waals surface area contributed by atoms with Gasteiger partial charge >= 0.3 is 12.1 Å². The molecule has 9 heteroatoms. The summed E-state index contributed by atoms with van der Waals surface area (Å²) < 4.78 is 16.7. The lowest BCUT2D eigenvalue weighted by atomic mass is 10.0. The minimum Gasteiger partial charge on any atom is -0.491 e. The van der Waals surface area contributed by atoms with Crippen LogP contribution in [0.1, 0.15) is 28.9 Å². The van der Waals surface area contributed by atoms with Gasteiger partial charge in [-0.2, -0.15) is 0 Å². The molecule has 2 aromatic carbocycles. The summed E-state index contributed by atoms with van der Waals surface area (Å²) in [5.41, 5.74) is 0.636. The number of nitrogens with one attached hydrogen (secondary N) is 1. The second-order valence-electron chi connectivity index (χ2n) is 6.37. The number of aliphatic hydroxyl groups excluding tert-OH is 1. The molecular weight excluding hydrogens is 418 g/mol. The lowest BCUT2D eigenvalue weighted by Gasteiger charge is -2.26. The molecule has 2 aromatic rings. The molecule has 0 spiro atoms. The maximum Gasteiger partial charge on any atom is 0.414 e. The normalized spacial score (nSPS) is 12.7. The first kappa shape index (κ1) is 24.6. The number of rotatable bonds is 11. The third-order valence-electron chi connectivity index (χ3n) is 4.15. The van der Waals surface area contributed by atoms with E-state index in [9.17, 15) is 14.4 Å². The Balaban J connectivity index is 2.34. The zero-order valence-electron chi connectivity index (χ0n) is 17.5. The minimum atomic E-state index is -1.21. The Morgan fingerprint density at radius 2 is 1.75 bits per heavy atom. The average Bonchev–Trinajstić information content (AvgIpc) is 2.79. The van der Waals surface area contributed by atoms with E-state index in [0.29, 0.717) is 11.3 Å². The highest BCUT2D eigenvalue weighted by atomic mass is 16.6. The Kier molecular flexibility index (Phi) is 9.89. The Morgan fingerprint density at radius 1 is 1.06 bits per heavy atom. The summed E-state index contributed by atoms with van der Waals surface area (Å²) in [6.45, 7) is 1.65. The van der Waals surface area contributed by atoms with Crippen molar-refractivity contribution in [1.29, 1.82) is 0 Å². The van der Waals surface area contributed by atoms with Gasteiger partial charge in [0.1, 0.15) is 18.5 Å². The third kappa shape index (κ3) is 7.53. The number of hydrogen-bond acceptors (Lipinski definition) is 7. The number of alkyl carbamates (subject to hydrolysis) is 1. The van der Waals surface area contributed by atoms with Crippen LogP contribution in [-0.4, -0.2) is 54.1 Å². The van der Waals surface area contributed by atoms with Crippen LogP contribution in [0.4, 0.5) is 4.79 Å². The first-order chi connectivity index (χ1) is 15.5. The van der Waals surface area contributed by atoms with Gasteiger partial charge in [-0.15, -0.1) is 0 Å². The number of carboxylic acids is 1. The van der Waals surface area contributed by atoms with Crippen LogP contribution in [0.2, 0.25) is 0 Å². The molecule has 0 saturated heterocycles. The van der Waals surface area contributed by atoms with Gasteiger partial charge < -0.3 is 24.4 Å². The van der Waals surface area contributed by atoms with E-state index in [4.69, 9.17) is 24.4 Å². The lowest BCUT2D eigenvalue weighted by molar-refractivity contribution is -0.131. The smallest absolute Gasteiger partial charge is 0.414 e. The second kappa shape index (κ2) is 12.9. The Labute approximate surface area is 185 Å². The van der Waals surface area contributed by atoms with Crippen LogP contribution in [-0.2, 0) is 14.3 Å². The molecular formula is C23H25NO8. The van der Waals surface area contributed by atoms with Crippen molar-refractivity contribution in [2.45, 2.75) is 19.1 Å². The van der Waals surface area contributed by atoms with Gasteiger partial charge in [0.2, 0.25) is 0 Å². The molecule has 0 unspecified atom stereocenters. The van der Waals surface area contributed by atoms with Crippen molar-refractivity contribution in [3.63, 3.8) is 0 Å². The van der Waals surface area contributed by atoms with Crippen LogP contribution in [0.3, 0.4) is 0 Å². The maximum atomic E-state index is 12.6. The van der Waals surface area contributed by atoms with Gasteiger partial charge in [0.25, 0.3) is 5.91 Å². The Hall–Kier alpha value is -3.69. The number of carboxylic acid groups (broad SMARTS) is 1. The second-order valence-corrected chi connectivity index (χ2v) is 6.37. The SMILES string of the molecule is CCO[C@H](/C=C/C(=O)O)[C@H](OC(=O)NC(=O)c1ccccc1)c1ccccc1OCCO. The molecule has 2 rings (SSSR count). The average molecular weight is 443 g/mol. The molecule has 0 radical (unpaired) electrons. The molecule has 0 aromatic heterocycles. The van der Waals surface area contributed by atoms with Crippen LogP contribution in [0.25, 0.3) is 0 Å². The predicted octanol–water partition coefficient (Wildman–Crippen LogP) is 2.71. The van der Waals surface area contributed by atoms with E-state index >= 15 is 0 Å². The van der Waals surface area contributed by atoms with Crippen molar-refractivity contribution in [3.8, 4) is 5.75 Å². The van der Waals surface area contributed by atoms with E-state index in [-0.39, 0.29) is 25.4 Å². The van der Waals surface area contributed by atoms with Crippen LogP contribution in [0.15, 0.2) is 66.7 Å². The molecule has 2 atom stereocenters. The molecule has 32 heavy (non-hydrogen) atoms. The molecule has 0 saturated carbocycles. The highest BCUT2D eigenvalue weighted by molar-refractivity contribution is 6.02. The van der Waals surface area contributed by atoms with Crippen molar-refractivity contribution in [1.82, 2.24) is 5.32 Å². The van der Waals surface area contributed by atoms with Crippen LogP contribution >= 0.6 is 0 Å². The summed E-state index contributed by atoms with van der Waals surface area (Å²) in [6, 6.07) is 14.7. The van der Waals surface area contributed by atoms with E-state index in [0.717, 1.165) is 6.08 Å². The fourth-order valence-corrected chi connectivity index (χ4v) is 2.82. The molecule has 9 nitrogen and oxygen atoms in total. The van der Waals surface area contributed by atoms with Gasteiger partial charge in [0.05, 0.1) is 6.61 Å². The number of hydrogen-bond donors (Lipinski definition) is 3. The number of carbonyl (C=O) groups is 3. The Bertz CT molecular complexity index is 929. The molecule has 0 bridgehead atoms. The van der Waals surface area contributed by atoms with Crippen molar-refractivity contribution < 1.29 is 38.8 Å². The molecule has 0 aliphatic heterocycles. The minimum absolute atomic E-state index is 0.00725. The number of aliphatic carboxylic acids is 1. The summed E-state index contributed by atoms with van der Waals surface area (Å²) in [6.07, 6.45) is -1.07. The summed E-state index contributed by atoms with van der Waals surface area (Å²) in [5.74, 6) is -1.56. The molecule has 0 fully saturated rings. The van der Waals surface area contributed by atoms with Gasteiger partial charge in [-0.05, 0) is 31.2 Å². The highest BCUT2D eigenvalue weighted by Crippen LogP contribution is 2.32. The first-order valence-corrected chi connectivity index (χ1v) is 9.88. The number of benzene rings is 2. The summed E-state index contributed by atoms with van der Waals surface area (Å²) >= 11 is 0. The third-order valence-corrected chi connectivity index (χ3v) is 4.15. The fraction of sp³-hybridized carbons (Fsp3) is 0.261. The van der Waals surface area contributed by atoms with Crippen molar-refractivity contribution in [2.24, 2.45) is 0 Å². The zero-order chi connectivity index (χ0) is 23.3. The summed E-state index contributed by atoms with van der Waals surface area (Å²) in [5, 5.41) is 20.3. The van der Waals surface area contributed by atoms with Gasteiger partial charge in [-0.25, -0.2) is 9.59 Å². The fourth-order valence-electron chi connectivity index (χ4n) is 2.82. The number of amides is 2. The van der Waals surface area contributed by atoms with E-state index in [1.165, 1.54) is 18.2 Å². The van der Waals surface area contributed by atoms with E-state index in [1.54, 1.807) is 49.4 Å². The van der Waals surface area contributed by atoms with E-state index in [2.05, 4.69) is 5.32 Å². The van der Waals surface area contributed by atoms with Gasteiger partial charge in [-0.3, -0.25) is 10.1 Å². The molecule has 3 N–H and O–H groups in total. The van der Waals surface area contributed by atoms with Crippen LogP contribution in [0.5, 0.6) is 5.75 Å². The first-order valence-electron chi connectivity index (χ1n) is 9.88. The highest BCUT2D eigenvalue weighted by Gasteiger charge is 2.29. The van der Waals surface area contributed by atoms with Gasteiger partial charge in [0.15, 0.2) is 6.10 Å². The maximum absolute atomic E-state index is 12.6. The lowest BCUT2D eigenvalue weighted by Crippen LogP contribution is -2.35. The van der Waals surface area contributed by atoms with E-state index in [1.807, 2.05) is 0 Å². The van der Waals surface area contributed by atoms with Crippen LogP contribution < -0.4 is 10.1 Å². The molecule has 0 aliphatic carbocycles. The number of aliphatic hydroxyl groups is 1. The van der Waals surface area contributed by atoms with Crippen molar-refractivity contribution in [3.05, 3.63) is 77.9 Å². The standard InChI is InChI=1S/C23H25NO8/c1-2-30-19(12-13-20(26)27)21(17-10-6-7-11-18(17)31-15-14-25)32-23(29)24-22(28)16-8-4-3-5-9-16/h3-13,19,21,25H,2,14-15H2,1H3,(H,26,27)(H,24,28,29)/b13-12+/t19-,21-/m1/s1. The quantitative estimate of drug-likeness (QED) is 0.452. The largest absolute Gasteiger partial charge is 0.491 e. The number of imide groups is 1. The summed E-state index contributed by atoms with van der Waals surface area (Å²) in [7, 11) is 0. The van der Waals surface area contributed by atoms with Crippen molar-refractivity contribution in [2.75, 3.05) is 19.8 Å². The van der Waals surface area contributed by atoms with Gasteiger partial charge in [0, 0.05) is 23.8 Å². The van der Waals surface area contributed by atoms with Gasteiger partial charge in [-0.1, -0.05) is 36.4 Å². The van der Waals surface area contributed by atoms with Crippen LogP contribution in [0, 0.1) is 0 Å². The molecule has 170 valence electrons.